The van der Waals surface area contributed by atoms with Gasteiger partial charge in [-0.3, -0.25) is 4.79 Å². The first-order valence-corrected chi connectivity index (χ1v) is 7.85. The molecule has 1 atom stereocenters. The second-order valence-electron chi connectivity index (χ2n) is 5.38. The molecule has 0 aromatic heterocycles. The summed E-state index contributed by atoms with van der Waals surface area (Å²) in [6.07, 6.45) is 6.32. The van der Waals surface area contributed by atoms with Gasteiger partial charge < -0.3 is 15.4 Å². The normalized spacial score (nSPS) is 11.8. The number of hydrogen-bond acceptors (Lipinski definition) is 3. The first kappa shape index (κ1) is 17.3. The Morgan fingerprint density at radius 1 is 1.29 bits per heavy atom. The molecule has 2 N–H and O–H groups in total. The fraction of sp³-hybridized carbons (Fsp3) is 0.588. The highest BCUT2D eigenvalue weighted by molar-refractivity contribution is 5.77. The van der Waals surface area contributed by atoms with Crippen LogP contribution in [0.15, 0.2) is 24.3 Å². The van der Waals surface area contributed by atoms with E-state index >= 15 is 0 Å². The second-order valence-corrected chi connectivity index (χ2v) is 5.38. The monoisotopic (exact) mass is 292 g/mol. The van der Waals surface area contributed by atoms with Crippen LogP contribution in [0.3, 0.4) is 0 Å². The molecule has 0 saturated carbocycles. The average Bonchev–Trinajstić information content (AvgIpc) is 2.49. The smallest absolute Gasteiger partial charge is 0.257 e. The van der Waals surface area contributed by atoms with Crippen molar-refractivity contribution in [2.45, 2.75) is 52.0 Å². The highest BCUT2D eigenvalue weighted by Crippen LogP contribution is 2.19. The average molecular weight is 292 g/mol. The molecule has 118 valence electrons. The van der Waals surface area contributed by atoms with Crippen LogP contribution in [0.1, 0.15) is 46.0 Å². The van der Waals surface area contributed by atoms with Gasteiger partial charge in [-0.2, -0.15) is 0 Å². The number of amides is 1. The first-order valence-electron chi connectivity index (χ1n) is 7.85. The van der Waals surface area contributed by atoms with E-state index in [1.807, 2.05) is 24.3 Å². The second kappa shape index (κ2) is 10.1. The van der Waals surface area contributed by atoms with E-state index in [1.165, 1.54) is 32.1 Å². The quantitative estimate of drug-likeness (QED) is 0.648. The molecular formula is C17H28N2O2. The van der Waals surface area contributed by atoms with Crippen molar-refractivity contribution in [2.75, 3.05) is 19.0 Å². The van der Waals surface area contributed by atoms with Crippen molar-refractivity contribution in [1.29, 1.82) is 0 Å². The van der Waals surface area contributed by atoms with Crippen LogP contribution in [0.5, 0.6) is 5.75 Å². The van der Waals surface area contributed by atoms with Crippen molar-refractivity contribution in [2.24, 2.45) is 0 Å². The summed E-state index contributed by atoms with van der Waals surface area (Å²) in [7, 11) is 1.60. The van der Waals surface area contributed by atoms with Crippen LogP contribution in [0.4, 0.5) is 5.69 Å². The third-order valence-electron chi connectivity index (χ3n) is 3.39. The Morgan fingerprint density at radius 2 is 2.10 bits per heavy atom. The molecule has 1 aromatic carbocycles. The zero-order chi connectivity index (χ0) is 15.5. The molecule has 1 aromatic rings. The predicted molar refractivity (Wildman–Crippen MR) is 87.8 cm³/mol. The summed E-state index contributed by atoms with van der Waals surface area (Å²) in [5.74, 6) is 0.583. The van der Waals surface area contributed by atoms with Gasteiger partial charge in [0.05, 0.1) is 0 Å². The van der Waals surface area contributed by atoms with Gasteiger partial charge in [0.15, 0.2) is 6.61 Å². The molecule has 0 spiro atoms. The third kappa shape index (κ3) is 7.59. The van der Waals surface area contributed by atoms with Gasteiger partial charge in [-0.1, -0.05) is 38.7 Å². The van der Waals surface area contributed by atoms with E-state index in [0.717, 1.165) is 5.69 Å². The lowest BCUT2D eigenvalue weighted by Crippen LogP contribution is -2.24. The minimum absolute atomic E-state index is 0.0481. The Morgan fingerprint density at radius 3 is 2.81 bits per heavy atom. The first-order chi connectivity index (χ1) is 10.2. The van der Waals surface area contributed by atoms with Gasteiger partial charge in [0.1, 0.15) is 5.75 Å². The largest absolute Gasteiger partial charge is 0.484 e. The van der Waals surface area contributed by atoms with Gasteiger partial charge in [0.25, 0.3) is 5.91 Å². The number of hydrogen-bond donors (Lipinski definition) is 2. The van der Waals surface area contributed by atoms with Crippen LogP contribution in [0, 0.1) is 0 Å². The van der Waals surface area contributed by atoms with Gasteiger partial charge in [-0.25, -0.2) is 0 Å². The molecule has 1 rings (SSSR count). The fourth-order valence-electron chi connectivity index (χ4n) is 2.13. The molecule has 0 radical (unpaired) electrons. The van der Waals surface area contributed by atoms with Crippen LogP contribution in [-0.4, -0.2) is 25.6 Å². The zero-order valence-electron chi connectivity index (χ0n) is 13.4. The summed E-state index contributed by atoms with van der Waals surface area (Å²) in [4.78, 5) is 11.2. The van der Waals surface area contributed by atoms with Gasteiger partial charge >= 0.3 is 0 Å². The third-order valence-corrected chi connectivity index (χ3v) is 3.39. The number of benzene rings is 1. The molecule has 4 nitrogen and oxygen atoms in total. The highest BCUT2D eigenvalue weighted by atomic mass is 16.5. The van der Waals surface area contributed by atoms with Crippen LogP contribution in [-0.2, 0) is 4.79 Å². The molecule has 0 aliphatic heterocycles. The SMILES string of the molecule is CCCCCCC(C)Nc1cccc(OCC(=O)NC)c1. The lowest BCUT2D eigenvalue weighted by molar-refractivity contribution is -0.122. The summed E-state index contributed by atoms with van der Waals surface area (Å²) < 4.78 is 5.44. The van der Waals surface area contributed by atoms with Crippen LogP contribution >= 0.6 is 0 Å². The molecule has 0 bridgehead atoms. The van der Waals surface area contributed by atoms with E-state index in [9.17, 15) is 4.79 Å². The van der Waals surface area contributed by atoms with E-state index in [1.54, 1.807) is 7.05 Å². The molecule has 1 amide bonds. The molecule has 4 heteroatoms. The Hall–Kier alpha value is -1.71. The summed E-state index contributed by atoms with van der Waals surface area (Å²) >= 11 is 0. The summed E-state index contributed by atoms with van der Waals surface area (Å²) in [5.41, 5.74) is 1.03. The maximum Gasteiger partial charge on any atom is 0.257 e. The maximum absolute atomic E-state index is 11.2. The number of nitrogens with one attached hydrogen (secondary N) is 2. The predicted octanol–water partition coefficient (Wildman–Crippen LogP) is 3.58. The van der Waals surface area contributed by atoms with Gasteiger partial charge in [0.2, 0.25) is 0 Å². The number of likely N-dealkylation sites (N-methyl/N-ethyl adjacent to an activating group) is 1. The van der Waals surface area contributed by atoms with E-state index < -0.39 is 0 Å². The van der Waals surface area contributed by atoms with E-state index in [0.29, 0.717) is 11.8 Å². The van der Waals surface area contributed by atoms with Crippen molar-refractivity contribution in [1.82, 2.24) is 5.32 Å². The Kier molecular flexibility index (Phi) is 8.32. The lowest BCUT2D eigenvalue weighted by atomic mass is 10.1. The van der Waals surface area contributed by atoms with Crippen molar-refractivity contribution in [3.05, 3.63) is 24.3 Å². The number of carbonyl (C=O) groups excluding carboxylic acids is 1. The van der Waals surface area contributed by atoms with Crippen molar-refractivity contribution < 1.29 is 9.53 Å². The minimum Gasteiger partial charge on any atom is -0.484 e. The number of ether oxygens (including phenoxy) is 1. The van der Waals surface area contributed by atoms with Crippen LogP contribution in [0.2, 0.25) is 0 Å². The molecule has 0 heterocycles. The fourth-order valence-corrected chi connectivity index (χ4v) is 2.13. The van der Waals surface area contributed by atoms with Gasteiger partial charge in [-0.05, 0) is 25.5 Å². The van der Waals surface area contributed by atoms with E-state index in [4.69, 9.17) is 4.74 Å². The van der Waals surface area contributed by atoms with Gasteiger partial charge in [0, 0.05) is 24.8 Å². The number of carbonyl (C=O) groups is 1. The van der Waals surface area contributed by atoms with Crippen molar-refractivity contribution in [3.63, 3.8) is 0 Å². The zero-order valence-corrected chi connectivity index (χ0v) is 13.4. The molecule has 0 fully saturated rings. The highest BCUT2D eigenvalue weighted by Gasteiger charge is 2.04. The Bertz CT molecular complexity index is 421. The van der Waals surface area contributed by atoms with Crippen LogP contribution < -0.4 is 15.4 Å². The van der Waals surface area contributed by atoms with Crippen LogP contribution in [0.25, 0.3) is 0 Å². The summed E-state index contributed by atoms with van der Waals surface area (Å²) in [5, 5.41) is 6.02. The standard InChI is InChI=1S/C17H28N2O2/c1-4-5-6-7-9-14(2)19-15-10-8-11-16(12-15)21-13-17(20)18-3/h8,10-12,14,19H,4-7,9,13H2,1-3H3,(H,18,20). The van der Waals surface area contributed by atoms with Crippen molar-refractivity contribution in [3.8, 4) is 5.75 Å². The maximum atomic E-state index is 11.2. The Balaban J connectivity index is 2.39. The summed E-state index contributed by atoms with van der Waals surface area (Å²) in [6, 6.07) is 8.20. The summed E-state index contributed by atoms with van der Waals surface area (Å²) in [6.45, 7) is 4.47. The van der Waals surface area contributed by atoms with E-state index in [2.05, 4.69) is 24.5 Å². The number of rotatable bonds is 10. The topological polar surface area (TPSA) is 50.4 Å². The van der Waals surface area contributed by atoms with E-state index in [-0.39, 0.29) is 12.5 Å². The number of unbranched alkanes of at least 4 members (excludes halogenated alkanes) is 3. The van der Waals surface area contributed by atoms with Crippen molar-refractivity contribution >= 4 is 11.6 Å². The number of anilines is 1. The lowest BCUT2D eigenvalue weighted by Gasteiger charge is -2.16. The Labute approximate surface area is 128 Å². The molecular weight excluding hydrogens is 264 g/mol. The molecule has 1 unspecified atom stereocenters. The molecule has 0 aliphatic rings. The van der Waals surface area contributed by atoms with Gasteiger partial charge in [-0.15, -0.1) is 0 Å². The molecule has 21 heavy (non-hydrogen) atoms. The minimum atomic E-state index is -0.127. The molecule has 0 saturated heterocycles. The molecule has 0 aliphatic carbocycles.